The molecule has 2 aromatic carbocycles. The zero-order valence-corrected chi connectivity index (χ0v) is 17.7. The number of hydrogen-bond donors (Lipinski definition) is 0. The van der Waals surface area contributed by atoms with E-state index in [0.717, 1.165) is 29.7 Å². The van der Waals surface area contributed by atoms with Crippen LogP contribution in [0, 0.1) is 0 Å². The lowest BCUT2D eigenvalue weighted by atomic mass is 10.1. The van der Waals surface area contributed by atoms with Gasteiger partial charge in [-0.05, 0) is 43.8 Å². The number of esters is 1. The van der Waals surface area contributed by atoms with Crippen molar-refractivity contribution in [3.63, 3.8) is 0 Å². The number of benzene rings is 2. The van der Waals surface area contributed by atoms with Crippen molar-refractivity contribution in [2.24, 2.45) is 0 Å². The number of halogens is 3. The Bertz CT molecular complexity index is 1270. The van der Waals surface area contributed by atoms with Gasteiger partial charge in [0.15, 0.2) is 5.75 Å². The van der Waals surface area contributed by atoms with Crippen molar-refractivity contribution in [2.75, 3.05) is 20.2 Å². The van der Waals surface area contributed by atoms with E-state index in [9.17, 15) is 26.4 Å². The van der Waals surface area contributed by atoms with E-state index in [-0.39, 0.29) is 15.8 Å². The minimum atomic E-state index is -5.25. The normalized spacial score (nSPS) is 14.9. The van der Waals surface area contributed by atoms with Gasteiger partial charge in [0.25, 0.3) is 10.0 Å². The van der Waals surface area contributed by atoms with Gasteiger partial charge in [-0.2, -0.15) is 13.2 Å². The number of methoxy groups -OCH3 is 1. The predicted octanol–water partition coefficient (Wildman–Crippen LogP) is 3.56. The first-order valence-electron chi connectivity index (χ1n) is 9.66. The molecule has 0 N–H and O–H groups in total. The van der Waals surface area contributed by atoms with Gasteiger partial charge < -0.3 is 9.47 Å². The molecule has 11 heteroatoms. The van der Waals surface area contributed by atoms with Crippen molar-refractivity contribution < 1.29 is 35.9 Å². The number of ether oxygens (including phenoxy) is 2. The van der Waals surface area contributed by atoms with Crippen LogP contribution in [0.5, 0.6) is 11.5 Å². The van der Waals surface area contributed by atoms with Gasteiger partial charge in [0.05, 0.1) is 29.1 Å². The Morgan fingerprint density at radius 1 is 1.06 bits per heavy atom. The molecule has 7 nitrogen and oxygen atoms in total. The lowest BCUT2D eigenvalue weighted by molar-refractivity contribution is -0.189. The minimum absolute atomic E-state index is 0.0642. The van der Waals surface area contributed by atoms with E-state index in [1.165, 1.54) is 37.4 Å². The number of nitrogens with zero attached hydrogens (tertiary/aromatic N) is 2. The van der Waals surface area contributed by atoms with Crippen LogP contribution in [-0.4, -0.2) is 49.6 Å². The SMILES string of the molecule is COc1ccc2c(c(OC(=O)C(F)(F)F)cn2S(=O)(=O)c2ccccc2)c1CN1CCC1. The van der Waals surface area contributed by atoms with E-state index in [1.807, 2.05) is 4.90 Å². The molecule has 0 bridgehead atoms. The molecule has 1 fully saturated rings. The Hall–Kier alpha value is -3.05. The van der Waals surface area contributed by atoms with Gasteiger partial charge in [0.1, 0.15) is 5.75 Å². The molecule has 0 aliphatic carbocycles. The maximum atomic E-state index is 13.3. The second kappa shape index (κ2) is 8.14. The topological polar surface area (TPSA) is 77.8 Å². The monoisotopic (exact) mass is 468 g/mol. The first-order chi connectivity index (χ1) is 15.1. The molecule has 2 heterocycles. The van der Waals surface area contributed by atoms with Crippen LogP contribution < -0.4 is 9.47 Å². The molecule has 0 amide bonds. The van der Waals surface area contributed by atoms with Crippen molar-refractivity contribution in [1.29, 1.82) is 0 Å². The first kappa shape index (κ1) is 22.2. The second-order valence-corrected chi connectivity index (χ2v) is 9.08. The maximum absolute atomic E-state index is 13.3. The van der Waals surface area contributed by atoms with Gasteiger partial charge in [-0.1, -0.05) is 18.2 Å². The molecule has 1 aliphatic heterocycles. The summed E-state index contributed by atoms with van der Waals surface area (Å²) in [4.78, 5) is 13.6. The quantitative estimate of drug-likeness (QED) is 0.515. The lowest BCUT2D eigenvalue weighted by Crippen LogP contribution is -2.36. The third-order valence-electron chi connectivity index (χ3n) is 5.25. The molecule has 170 valence electrons. The van der Waals surface area contributed by atoms with Gasteiger partial charge in [-0.3, -0.25) is 4.90 Å². The number of aromatic nitrogens is 1. The van der Waals surface area contributed by atoms with Crippen molar-refractivity contribution >= 4 is 26.9 Å². The summed E-state index contributed by atoms with van der Waals surface area (Å²) in [6, 6.07) is 10.4. The highest BCUT2D eigenvalue weighted by Crippen LogP contribution is 2.40. The molecular weight excluding hydrogens is 449 g/mol. The van der Waals surface area contributed by atoms with Crippen LogP contribution in [0.25, 0.3) is 10.9 Å². The fourth-order valence-corrected chi connectivity index (χ4v) is 4.94. The van der Waals surface area contributed by atoms with Crippen LogP contribution in [0.3, 0.4) is 0 Å². The predicted molar refractivity (Wildman–Crippen MR) is 109 cm³/mol. The maximum Gasteiger partial charge on any atom is 0.491 e. The molecule has 0 unspecified atom stereocenters. The average molecular weight is 468 g/mol. The van der Waals surface area contributed by atoms with Crippen LogP contribution in [0.1, 0.15) is 12.0 Å². The summed E-state index contributed by atoms with van der Waals surface area (Å²) in [5, 5.41) is 0.0772. The molecule has 32 heavy (non-hydrogen) atoms. The zero-order chi connectivity index (χ0) is 23.1. The second-order valence-electron chi connectivity index (χ2n) is 7.26. The van der Waals surface area contributed by atoms with Crippen molar-refractivity contribution in [3.05, 3.63) is 54.2 Å². The van der Waals surface area contributed by atoms with Crippen LogP contribution in [0.4, 0.5) is 13.2 Å². The fraction of sp³-hybridized carbons (Fsp3) is 0.286. The van der Waals surface area contributed by atoms with E-state index in [4.69, 9.17) is 4.74 Å². The Morgan fingerprint density at radius 3 is 2.31 bits per heavy atom. The molecule has 1 aromatic heterocycles. The van der Waals surface area contributed by atoms with Crippen molar-refractivity contribution in [2.45, 2.75) is 24.0 Å². The highest BCUT2D eigenvalue weighted by Gasteiger charge is 2.42. The highest BCUT2D eigenvalue weighted by atomic mass is 32.2. The molecule has 4 rings (SSSR count). The molecular formula is C21H19F3N2O5S. The number of likely N-dealkylation sites (tertiary alicyclic amines) is 1. The molecule has 0 atom stereocenters. The summed E-state index contributed by atoms with van der Waals surface area (Å²) in [5.41, 5.74) is 0.520. The third kappa shape index (κ3) is 3.93. The van der Waals surface area contributed by atoms with Gasteiger partial charge >= 0.3 is 12.1 Å². The molecule has 1 saturated heterocycles. The summed E-state index contributed by atoms with van der Waals surface area (Å²) in [5.74, 6) is -2.59. The smallest absolute Gasteiger partial charge is 0.491 e. The number of rotatable bonds is 6. The van der Waals surface area contributed by atoms with E-state index in [0.29, 0.717) is 17.9 Å². The Labute approximate surface area is 182 Å². The highest BCUT2D eigenvalue weighted by molar-refractivity contribution is 7.90. The van der Waals surface area contributed by atoms with E-state index < -0.39 is 27.9 Å². The van der Waals surface area contributed by atoms with E-state index in [1.54, 1.807) is 12.1 Å². The molecule has 1 aliphatic rings. The minimum Gasteiger partial charge on any atom is -0.496 e. The van der Waals surface area contributed by atoms with Gasteiger partial charge in [-0.15, -0.1) is 0 Å². The summed E-state index contributed by atoms with van der Waals surface area (Å²) in [6.45, 7) is 1.85. The van der Waals surface area contributed by atoms with Crippen molar-refractivity contribution in [1.82, 2.24) is 8.87 Å². The molecule has 3 aromatic rings. The van der Waals surface area contributed by atoms with Crippen LogP contribution in [-0.2, 0) is 21.4 Å². The third-order valence-corrected chi connectivity index (χ3v) is 6.94. The molecule has 0 spiro atoms. The van der Waals surface area contributed by atoms with Crippen molar-refractivity contribution in [3.8, 4) is 11.5 Å². The number of carbonyl (C=O) groups is 1. The summed E-state index contributed by atoms with van der Waals surface area (Å²) in [7, 11) is -2.78. The largest absolute Gasteiger partial charge is 0.496 e. The summed E-state index contributed by atoms with van der Waals surface area (Å²) in [6.07, 6.45) is -3.38. The van der Waals surface area contributed by atoms with Gasteiger partial charge in [0.2, 0.25) is 0 Å². The summed E-state index contributed by atoms with van der Waals surface area (Å²) >= 11 is 0. The lowest BCUT2D eigenvalue weighted by Gasteiger charge is -2.31. The van der Waals surface area contributed by atoms with Crippen LogP contribution >= 0.6 is 0 Å². The first-order valence-corrected chi connectivity index (χ1v) is 11.1. The standard InChI is InChI=1S/C21H19F3N2O5S/c1-30-17-9-8-16-19(15(17)12-25-10-5-11-25)18(31-20(27)21(22,23)24)13-26(16)32(28,29)14-6-3-2-4-7-14/h2-4,6-9,13H,5,10-12H2,1H3. The Morgan fingerprint density at radius 2 is 1.75 bits per heavy atom. The van der Waals surface area contributed by atoms with Gasteiger partial charge in [-0.25, -0.2) is 17.2 Å². The number of fused-ring (bicyclic) bond motifs is 1. The summed E-state index contributed by atoms with van der Waals surface area (Å²) < 4.78 is 76.2. The number of alkyl halides is 3. The Balaban J connectivity index is 1.96. The Kier molecular flexibility index (Phi) is 5.63. The van der Waals surface area contributed by atoms with E-state index in [2.05, 4.69) is 4.74 Å². The molecule has 0 saturated carbocycles. The number of carbonyl (C=O) groups excluding carboxylic acids is 1. The zero-order valence-electron chi connectivity index (χ0n) is 16.9. The average Bonchev–Trinajstić information content (AvgIpc) is 3.10. The van der Waals surface area contributed by atoms with Crippen LogP contribution in [0.15, 0.2) is 53.6 Å². The number of hydrogen-bond acceptors (Lipinski definition) is 6. The van der Waals surface area contributed by atoms with Crippen LogP contribution in [0.2, 0.25) is 0 Å². The van der Waals surface area contributed by atoms with E-state index >= 15 is 0 Å². The van der Waals surface area contributed by atoms with Gasteiger partial charge in [0, 0.05) is 12.1 Å². The molecule has 0 radical (unpaired) electrons. The fourth-order valence-electron chi connectivity index (χ4n) is 3.57.